The third-order valence-corrected chi connectivity index (χ3v) is 6.73. The van der Waals surface area contributed by atoms with Crippen molar-refractivity contribution < 1.29 is 17.9 Å². The van der Waals surface area contributed by atoms with E-state index in [1.165, 1.54) is 10.4 Å². The zero-order valence-corrected chi connectivity index (χ0v) is 16.1. The Balaban J connectivity index is 0.00000288. The zero-order chi connectivity index (χ0) is 16.7. The maximum Gasteiger partial charge on any atom is 0.252 e. The van der Waals surface area contributed by atoms with E-state index in [4.69, 9.17) is 4.74 Å². The van der Waals surface area contributed by atoms with Gasteiger partial charge < -0.3 is 15.4 Å². The Labute approximate surface area is 153 Å². The molecule has 1 amide bonds. The van der Waals surface area contributed by atoms with Crippen molar-refractivity contribution in [1.29, 1.82) is 0 Å². The molecule has 0 radical (unpaired) electrons. The lowest BCUT2D eigenvalue weighted by atomic mass is 10.3. The van der Waals surface area contributed by atoms with Gasteiger partial charge in [0.1, 0.15) is 4.21 Å². The van der Waals surface area contributed by atoms with Gasteiger partial charge in [0, 0.05) is 31.6 Å². The molecule has 1 saturated heterocycles. The number of sulfonamides is 1. The molecule has 1 aliphatic rings. The smallest absolute Gasteiger partial charge is 0.252 e. The molecule has 1 aromatic heterocycles. The third-order valence-electron chi connectivity index (χ3n) is 3.42. The van der Waals surface area contributed by atoms with Crippen molar-refractivity contribution in [2.75, 3.05) is 45.9 Å². The predicted molar refractivity (Wildman–Crippen MR) is 96.6 cm³/mol. The molecule has 138 valence electrons. The van der Waals surface area contributed by atoms with E-state index in [0.29, 0.717) is 45.0 Å². The number of nitrogens with zero attached hydrogens (tertiary/aromatic N) is 1. The highest BCUT2D eigenvalue weighted by atomic mass is 35.5. The van der Waals surface area contributed by atoms with Crippen molar-refractivity contribution in [3.8, 4) is 0 Å². The molecule has 0 aliphatic carbocycles. The van der Waals surface area contributed by atoms with Crippen LogP contribution in [-0.4, -0.2) is 64.6 Å². The summed E-state index contributed by atoms with van der Waals surface area (Å²) in [5.41, 5.74) is 0.386. The Hall–Kier alpha value is -0.710. The molecule has 0 unspecified atom stereocenters. The molecule has 1 aromatic rings. The summed E-state index contributed by atoms with van der Waals surface area (Å²) in [5.74, 6) is -0.247. The largest absolute Gasteiger partial charge is 0.379 e. The van der Waals surface area contributed by atoms with Crippen LogP contribution in [-0.2, 0) is 14.8 Å². The second-order valence-electron chi connectivity index (χ2n) is 5.18. The van der Waals surface area contributed by atoms with Gasteiger partial charge in [-0.15, -0.1) is 23.7 Å². The zero-order valence-electron chi connectivity index (χ0n) is 13.6. The number of nitrogens with one attached hydrogen (secondary N) is 2. The van der Waals surface area contributed by atoms with Crippen LogP contribution in [0.2, 0.25) is 0 Å². The number of halogens is 1. The summed E-state index contributed by atoms with van der Waals surface area (Å²) < 4.78 is 31.8. The van der Waals surface area contributed by atoms with Crippen molar-refractivity contribution in [1.82, 2.24) is 14.9 Å². The average Bonchev–Trinajstić information content (AvgIpc) is 3.06. The summed E-state index contributed by atoms with van der Waals surface area (Å²) in [6.45, 7) is 5.72. The fourth-order valence-corrected chi connectivity index (χ4v) is 4.87. The Morgan fingerprint density at radius 1 is 1.29 bits per heavy atom. The lowest BCUT2D eigenvalue weighted by Crippen LogP contribution is -2.40. The number of ether oxygens (including phenoxy) is 1. The van der Waals surface area contributed by atoms with Gasteiger partial charge in [-0.2, -0.15) is 4.31 Å². The van der Waals surface area contributed by atoms with Crippen LogP contribution in [0.15, 0.2) is 15.7 Å². The van der Waals surface area contributed by atoms with E-state index in [1.54, 1.807) is 5.38 Å². The van der Waals surface area contributed by atoms with Crippen molar-refractivity contribution in [3.05, 3.63) is 17.0 Å². The molecule has 0 aromatic carbocycles. The quantitative estimate of drug-likeness (QED) is 0.637. The second kappa shape index (κ2) is 10.3. The fraction of sp³-hybridized carbons (Fsp3) is 0.643. The van der Waals surface area contributed by atoms with Gasteiger partial charge in [0.2, 0.25) is 0 Å². The fourth-order valence-electron chi connectivity index (χ4n) is 2.15. The van der Waals surface area contributed by atoms with Gasteiger partial charge in [0.25, 0.3) is 15.9 Å². The number of hydrogen-bond donors (Lipinski definition) is 2. The molecule has 2 rings (SSSR count). The second-order valence-corrected chi connectivity index (χ2v) is 8.25. The number of amides is 1. The first-order valence-corrected chi connectivity index (χ1v) is 10.0. The molecule has 0 spiro atoms. The number of rotatable bonds is 8. The highest BCUT2D eigenvalue weighted by Gasteiger charge is 2.28. The Bertz CT molecular complexity index is 615. The minimum Gasteiger partial charge on any atom is -0.379 e. The Kier molecular flexibility index (Phi) is 9.17. The molecule has 0 atom stereocenters. The van der Waals surface area contributed by atoms with Crippen molar-refractivity contribution in [2.24, 2.45) is 0 Å². The van der Waals surface area contributed by atoms with Gasteiger partial charge in [-0.3, -0.25) is 4.79 Å². The van der Waals surface area contributed by atoms with Crippen LogP contribution in [0.25, 0.3) is 0 Å². The number of hydrogen-bond acceptors (Lipinski definition) is 6. The highest BCUT2D eigenvalue weighted by Crippen LogP contribution is 2.24. The van der Waals surface area contributed by atoms with Crippen molar-refractivity contribution in [2.45, 2.75) is 17.6 Å². The topological polar surface area (TPSA) is 87.7 Å². The minimum atomic E-state index is -3.53. The van der Waals surface area contributed by atoms with Crippen LogP contribution >= 0.6 is 23.7 Å². The SMILES string of the molecule is CCCNCCNC(=O)c1csc(S(=O)(=O)N2CCOCC2)c1.Cl. The lowest BCUT2D eigenvalue weighted by Gasteiger charge is -2.25. The maximum atomic E-state index is 12.5. The van der Waals surface area contributed by atoms with Crippen LogP contribution in [0.5, 0.6) is 0 Å². The number of morpholine rings is 1. The summed E-state index contributed by atoms with van der Waals surface area (Å²) in [5, 5.41) is 7.55. The van der Waals surface area contributed by atoms with E-state index in [2.05, 4.69) is 17.6 Å². The van der Waals surface area contributed by atoms with Crippen LogP contribution in [0.1, 0.15) is 23.7 Å². The van der Waals surface area contributed by atoms with Crippen molar-refractivity contribution in [3.63, 3.8) is 0 Å². The standard InChI is InChI=1S/C14H23N3O4S2.ClH/c1-2-3-15-4-5-16-14(18)12-10-13(22-11-12)23(19,20)17-6-8-21-9-7-17;/h10-11,15H,2-9H2,1H3,(H,16,18);1H. The summed E-state index contributed by atoms with van der Waals surface area (Å²) in [6, 6.07) is 1.45. The summed E-state index contributed by atoms with van der Waals surface area (Å²) in [4.78, 5) is 12.0. The first kappa shape index (κ1) is 21.3. The molecule has 0 saturated carbocycles. The minimum absolute atomic E-state index is 0. The van der Waals surface area contributed by atoms with Gasteiger partial charge in [0.05, 0.1) is 18.8 Å². The van der Waals surface area contributed by atoms with E-state index >= 15 is 0 Å². The van der Waals surface area contributed by atoms with Gasteiger partial charge in [-0.05, 0) is 19.0 Å². The molecular formula is C14H24ClN3O4S2. The molecule has 24 heavy (non-hydrogen) atoms. The molecule has 1 fully saturated rings. The molecule has 1 aliphatic heterocycles. The van der Waals surface area contributed by atoms with Crippen LogP contribution in [0.3, 0.4) is 0 Å². The summed E-state index contributed by atoms with van der Waals surface area (Å²) in [6.07, 6.45) is 1.04. The Morgan fingerprint density at radius 3 is 2.67 bits per heavy atom. The van der Waals surface area contributed by atoms with Gasteiger partial charge >= 0.3 is 0 Å². The molecule has 10 heteroatoms. The maximum absolute atomic E-state index is 12.5. The first-order chi connectivity index (χ1) is 11.1. The number of thiophene rings is 1. The predicted octanol–water partition coefficient (Wildman–Crippen LogP) is 0.920. The van der Waals surface area contributed by atoms with E-state index in [0.717, 1.165) is 24.3 Å². The van der Waals surface area contributed by atoms with Gasteiger partial charge in [0.15, 0.2) is 0 Å². The lowest BCUT2D eigenvalue weighted by molar-refractivity contribution is 0.0731. The highest BCUT2D eigenvalue weighted by molar-refractivity contribution is 7.91. The van der Waals surface area contributed by atoms with Crippen LogP contribution in [0, 0.1) is 0 Å². The molecule has 2 heterocycles. The third kappa shape index (κ3) is 5.68. The summed E-state index contributed by atoms with van der Waals surface area (Å²) >= 11 is 1.08. The van der Waals surface area contributed by atoms with Crippen LogP contribution in [0.4, 0.5) is 0 Å². The van der Waals surface area contributed by atoms with E-state index < -0.39 is 10.0 Å². The summed E-state index contributed by atoms with van der Waals surface area (Å²) in [7, 11) is -3.53. The molecule has 0 bridgehead atoms. The number of carbonyl (C=O) groups excluding carboxylic acids is 1. The van der Waals surface area contributed by atoms with E-state index in [9.17, 15) is 13.2 Å². The number of carbonyl (C=O) groups is 1. The molecular weight excluding hydrogens is 374 g/mol. The van der Waals surface area contributed by atoms with Gasteiger partial charge in [-0.1, -0.05) is 6.92 Å². The monoisotopic (exact) mass is 397 g/mol. The molecule has 2 N–H and O–H groups in total. The van der Waals surface area contributed by atoms with Gasteiger partial charge in [-0.25, -0.2) is 8.42 Å². The molecule has 7 nitrogen and oxygen atoms in total. The van der Waals surface area contributed by atoms with Crippen molar-refractivity contribution >= 4 is 39.7 Å². The van der Waals surface area contributed by atoms with Crippen LogP contribution < -0.4 is 10.6 Å². The van der Waals surface area contributed by atoms with E-state index in [-0.39, 0.29) is 22.5 Å². The average molecular weight is 398 g/mol. The Morgan fingerprint density at radius 2 is 2.00 bits per heavy atom. The normalized spacial score (nSPS) is 15.7. The first-order valence-electron chi connectivity index (χ1n) is 7.71. The van der Waals surface area contributed by atoms with E-state index in [1.807, 2.05) is 0 Å².